The lowest BCUT2D eigenvalue weighted by molar-refractivity contribution is 0.0279. The first-order valence-corrected chi connectivity index (χ1v) is 6.08. The minimum absolute atomic E-state index is 0.171. The fourth-order valence-corrected chi connectivity index (χ4v) is 2.82. The maximum Gasteiger partial charge on any atom is 0.410 e. The summed E-state index contributed by atoms with van der Waals surface area (Å²) in [4.78, 5) is 13.7. The van der Waals surface area contributed by atoms with E-state index in [9.17, 15) is 4.79 Å². The van der Waals surface area contributed by atoms with Crippen LogP contribution in [0.4, 0.5) is 4.79 Å². The summed E-state index contributed by atoms with van der Waals surface area (Å²) in [5.74, 6) is 1.20. The van der Waals surface area contributed by atoms with Crippen molar-refractivity contribution in [2.45, 2.75) is 45.3 Å². The molecule has 4 nitrogen and oxygen atoms in total. The monoisotopic (exact) mass is 226 g/mol. The van der Waals surface area contributed by atoms with Crippen molar-refractivity contribution in [3.8, 4) is 0 Å². The highest BCUT2D eigenvalue weighted by molar-refractivity contribution is 5.68. The second kappa shape index (κ2) is 3.91. The second-order valence-corrected chi connectivity index (χ2v) is 6.14. The number of nitrogens with zero attached hydrogens (tertiary/aromatic N) is 1. The van der Waals surface area contributed by atoms with Gasteiger partial charge in [0, 0.05) is 19.1 Å². The quantitative estimate of drug-likeness (QED) is 0.682. The minimum atomic E-state index is -0.398. The Morgan fingerprint density at radius 3 is 2.19 bits per heavy atom. The molecule has 0 unspecified atom stereocenters. The largest absolute Gasteiger partial charge is 0.444 e. The summed E-state index contributed by atoms with van der Waals surface area (Å²) in [6.45, 7) is 7.35. The highest BCUT2D eigenvalue weighted by atomic mass is 16.6. The number of nitrogens with two attached hydrogens (primary N) is 1. The molecule has 2 N–H and O–H groups in total. The molecule has 0 spiro atoms. The number of carbonyl (C=O) groups excluding carboxylic acids is 1. The van der Waals surface area contributed by atoms with E-state index >= 15 is 0 Å². The molecule has 1 saturated carbocycles. The van der Waals surface area contributed by atoms with Crippen molar-refractivity contribution in [3.05, 3.63) is 0 Å². The van der Waals surface area contributed by atoms with Crippen LogP contribution in [0, 0.1) is 11.8 Å². The van der Waals surface area contributed by atoms with Crippen LogP contribution in [0.2, 0.25) is 0 Å². The molecule has 0 aromatic heterocycles. The number of hydrogen-bond donors (Lipinski definition) is 1. The lowest BCUT2D eigenvalue weighted by Gasteiger charge is -2.25. The molecular weight excluding hydrogens is 204 g/mol. The lowest BCUT2D eigenvalue weighted by Crippen LogP contribution is -2.36. The first-order chi connectivity index (χ1) is 7.35. The van der Waals surface area contributed by atoms with Gasteiger partial charge in [0.1, 0.15) is 5.60 Å². The summed E-state index contributed by atoms with van der Waals surface area (Å²) >= 11 is 0. The fraction of sp³-hybridized carbons (Fsp3) is 0.917. The van der Waals surface area contributed by atoms with Gasteiger partial charge >= 0.3 is 6.09 Å². The van der Waals surface area contributed by atoms with Crippen LogP contribution in [-0.2, 0) is 4.74 Å². The highest BCUT2D eigenvalue weighted by Crippen LogP contribution is 2.37. The maximum atomic E-state index is 11.8. The molecule has 1 saturated heterocycles. The lowest BCUT2D eigenvalue weighted by atomic mass is 10.0. The Labute approximate surface area is 97.1 Å². The molecule has 2 fully saturated rings. The van der Waals surface area contributed by atoms with Gasteiger partial charge < -0.3 is 15.4 Å². The Morgan fingerprint density at radius 1 is 1.25 bits per heavy atom. The first-order valence-electron chi connectivity index (χ1n) is 6.08. The molecule has 1 amide bonds. The summed E-state index contributed by atoms with van der Waals surface area (Å²) in [7, 11) is 0. The molecule has 2 atom stereocenters. The summed E-state index contributed by atoms with van der Waals surface area (Å²) < 4.78 is 5.37. The third-order valence-electron chi connectivity index (χ3n) is 3.44. The van der Waals surface area contributed by atoms with Crippen molar-refractivity contribution in [2.75, 3.05) is 13.1 Å². The molecule has 4 heteroatoms. The number of likely N-dealkylation sites (tertiary alicyclic amines) is 1. The molecular formula is C12H22N2O2. The van der Waals surface area contributed by atoms with E-state index in [-0.39, 0.29) is 6.09 Å². The van der Waals surface area contributed by atoms with Gasteiger partial charge in [-0.15, -0.1) is 0 Å². The van der Waals surface area contributed by atoms with E-state index in [1.807, 2.05) is 25.7 Å². The van der Waals surface area contributed by atoms with Crippen molar-refractivity contribution >= 4 is 6.09 Å². The van der Waals surface area contributed by atoms with E-state index in [4.69, 9.17) is 10.5 Å². The van der Waals surface area contributed by atoms with Crippen molar-refractivity contribution in [3.63, 3.8) is 0 Å². The molecule has 0 bridgehead atoms. The highest BCUT2D eigenvalue weighted by Gasteiger charge is 2.42. The van der Waals surface area contributed by atoms with Gasteiger partial charge in [-0.2, -0.15) is 0 Å². The van der Waals surface area contributed by atoms with E-state index in [0.717, 1.165) is 25.9 Å². The summed E-state index contributed by atoms with van der Waals surface area (Å²) in [6.07, 6.45) is 1.95. The van der Waals surface area contributed by atoms with Crippen LogP contribution in [0.25, 0.3) is 0 Å². The molecule has 0 radical (unpaired) electrons. The molecule has 2 aliphatic rings. The van der Waals surface area contributed by atoms with Gasteiger partial charge in [-0.25, -0.2) is 4.79 Å². The Hall–Kier alpha value is -0.770. The maximum absolute atomic E-state index is 11.8. The van der Waals surface area contributed by atoms with Gasteiger partial charge in [0.05, 0.1) is 0 Å². The van der Waals surface area contributed by atoms with Gasteiger partial charge in [0.25, 0.3) is 0 Å². The number of fused-ring (bicyclic) bond motifs is 1. The Balaban J connectivity index is 1.88. The normalized spacial score (nSPS) is 30.6. The van der Waals surface area contributed by atoms with Gasteiger partial charge in [0.2, 0.25) is 0 Å². The second-order valence-electron chi connectivity index (χ2n) is 6.14. The van der Waals surface area contributed by atoms with Crippen LogP contribution in [0.5, 0.6) is 0 Å². The molecule has 1 heterocycles. The summed E-state index contributed by atoms with van der Waals surface area (Å²) in [5, 5.41) is 0. The zero-order valence-electron chi connectivity index (χ0n) is 10.4. The van der Waals surface area contributed by atoms with Crippen LogP contribution >= 0.6 is 0 Å². The first kappa shape index (κ1) is 11.7. The fourth-order valence-electron chi connectivity index (χ4n) is 2.82. The third kappa shape index (κ3) is 2.48. The number of ether oxygens (including phenoxy) is 1. The smallest absolute Gasteiger partial charge is 0.410 e. The predicted octanol–water partition coefficient (Wildman–Crippen LogP) is 1.59. The number of hydrogen-bond acceptors (Lipinski definition) is 3. The Kier molecular flexibility index (Phi) is 2.86. The van der Waals surface area contributed by atoms with Gasteiger partial charge in [-0.05, 0) is 45.4 Å². The van der Waals surface area contributed by atoms with Crippen molar-refractivity contribution < 1.29 is 9.53 Å². The average molecular weight is 226 g/mol. The van der Waals surface area contributed by atoms with Crippen LogP contribution in [0.15, 0.2) is 0 Å². The van der Waals surface area contributed by atoms with Crippen LogP contribution in [-0.4, -0.2) is 35.7 Å². The standard InChI is InChI=1S/C12H22N2O2/c1-12(2,3)16-11(15)14-6-8-4-10(13)5-9(8)7-14/h8-10H,4-7,13H2,1-3H3/t8-,9-/m0/s1. The van der Waals surface area contributed by atoms with E-state index in [2.05, 4.69) is 0 Å². The zero-order valence-corrected chi connectivity index (χ0v) is 10.4. The molecule has 0 aromatic rings. The molecule has 2 rings (SSSR count). The van der Waals surface area contributed by atoms with Gasteiger partial charge in [-0.3, -0.25) is 0 Å². The van der Waals surface area contributed by atoms with Crippen LogP contribution in [0.1, 0.15) is 33.6 Å². The minimum Gasteiger partial charge on any atom is -0.444 e. The molecule has 16 heavy (non-hydrogen) atoms. The molecule has 1 aliphatic carbocycles. The van der Waals surface area contributed by atoms with Crippen molar-refractivity contribution in [1.82, 2.24) is 4.90 Å². The Morgan fingerprint density at radius 2 is 1.75 bits per heavy atom. The van der Waals surface area contributed by atoms with E-state index in [1.54, 1.807) is 0 Å². The van der Waals surface area contributed by atoms with Crippen LogP contribution < -0.4 is 5.73 Å². The van der Waals surface area contributed by atoms with E-state index in [1.165, 1.54) is 0 Å². The van der Waals surface area contributed by atoms with Gasteiger partial charge in [-0.1, -0.05) is 0 Å². The average Bonchev–Trinajstić information content (AvgIpc) is 2.56. The third-order valence-corrected chi connectivity index (χ3v) is 3.44. The van der Waals surface area contributed by atoms with E-state index < -0.39 is 5.60 Å². The molecule has 0 aromatic carbocycles. The molecule has 1 aliphatic heterocycles. The van der Waals surface area contributed by atoms with Crippen molar-refractivity contribution in [2.24, 2.45) is 17.6 Å². The number of carbonyl (C=O) groups is 1. The number of rotatable bonds is 0. The predicted molar refractivity (Wildman–Crippen MR) is 62.0 cm³/mol. The van der Waals surface area contributed by atoms with Crippen molar-refractivity contribution in [1.29, 1.82) is 0 Å². The topological polar surface area (TPSA) is 55.6 Å². The number of amides is 1. The summed E-state index contributed by atoms with van der Waals surface area (Å²) in [5.41, 5.74) is 5.52. The molecule has 92 valence electrons. The van der Waals surface area contributed by atoms with Crippen LogP contribution in [0.3, 0.4) is 0 Å². The Bertz CT molecular complexity index is 271. The van der Waals surface area contributed by atoms with Gasteiger partial charge in [0.15, 0.2) is 0 Å². The zero-order chi connectivity index (χ0) is 11.9. The summed E-state index contributed by atoms with van der Waals surface area (Å²) in [6, 6.07) is 0.343. The SMILES string of the molecule is CC(C)(C)OC(=O)N1C[C@@H]2CC(N)C[C@H]2C1. The van der Waals surface area contributed by atoms with E-state index in [0.29, 0.717) is 17.9 Å².